The fourth-order valence-electron chi connectivity index (χ4n) is 5.35. The summed E-state index contributed by atoms with van der Waals surface area (Å²) in [6.45, 7) is 3.17. The van der Waals surface area contributed by atoms with Crippen LogP contribution in [0.15, 0.2) is 40.8 Å². The van der Waals surface area contributed by atoms with Gasteiger partial charge in [-0.2, -0.15) is 0 Å². The van der Waals surface area contributed by atoms with Gasteiger partial charge < -0.3 is 29.7 Å². The highest BCUT2D eigenvalue weighted by Gasteiger charge is 2.63. The number of carbonyl (C=O) groups excluding carboxylic acids is 4. The van der Waals surface area contributed by atoms with Crippen LogP contribution < -0.4 is 25.3 Å². The Morgan fingerprint density at radius 1 is 1.12 bits per heavy atom. The number of nitrogens with one attached hydrogen (secondary N) is 1. The highest BCUT2D eigenvalue weighted by Crippen LogP contribution is 2.54. The average molecular weight is 567 g/mol. The molecule has 2 heterocycles. The highest BCUT2D eigenvalue weighted by atomic mass is 35.5. The fourth-order valence-corrected chi connectivity index (χ4v) is 5.61. The molecule has 2 amide bonds. The van der Waals surface area contributed by atoms with E-state index in [4.69, 9.17) is 36.0 Å². The van der Waals surface area contributed by atoms with Crippen LogP contribution in [0.4, 0.5) is 0 Å². The van der Waals surface area contributed by atoms with E-state index in [-0.39, 0.29) is 51.8 Å². The Kier molecular flexibility index (Phi) is 6.83. The number of nitrogens with two attached hydrogens (primary N) is 1. The van der Waals surface area contributed by atoms with Crippen molar-refractivity contribution in [2.45, 2.75) is 38.3 Å². The number of benzene rings is 2. The lowest BCUT2D eigenvalue weighted by atomic mass is 9.70. The number of fused-ring (bicyclic) bond motifs is 2. The van der Waals surface area contributed by atoms with Crippen LogP contribution in [0.2, 0.25) is 5.02 Å². The molecule has 3 atom stereocenters. The molecule has 2 aliphatic rings. The topological polar surface area (TPSA) is 147 Å². The summed E-state index contributed by atoms with van der Waals surface area (Å²) in [7, 11) is 2.80. The van der Waals surface area contributed by atoms with Gasteiger partial charge in [-0.05, 0) is 6.92 Å². The van der Waals surface area contributed by atoms with E-state index >= 15 is 0 Å². The van der Waals surface area contributed by atoms with E-state index < -0.39 is 40.9 Å². The van der Waals surface area contributed by atoms with Gasteiger partial charge in [0.2, 0.25) is 29.0 Å². The second-order valence-corrected chi connectivity index (χ2v) is 10.2. The SMILES string of the molecule is COc1cc(OC)c2c(c1Cl)O[C@@]1(C(=O)c3c(oc(-c4ccccc4)c3CC(=O)N[C@@H](C)C(N)=O)C[C@H]1C)C2=O. The number of hydrogen-bond acceptors (Lipinski definition) is 8. The first kappa shape index (κ1) is 27.3. The number of ketones is 2. The molecule has 1 spiro atoms. The van der Waals surface area contributed by atoms with E-state index in [9.17, 15) is 19.2 Å². The molecule has 0 saturated carbocycles. The number of primary amides is 1. The van der Waals surface area contributed by atoms with Crippen molar-refractivity contribution in [3.63, 3.8) is 0 Å². The Bertz CT molecular complexity index is 1560. The number of rotatable bonds is 7. The van der Waals surface area contributed by atoms with Gasteiger partial charge in [0, 0.05) is 29.5 Å². The first-order valence-corrected chi connectivity index (χ1v) is 12.9. The number of methoxy groups -OCH3 is 2. The Labute approximate surface area is 234 Å². The molecule has 5 rings (SSSR count). The van der Waals surface area contributed by atoms with E-state index in [1.54, 1.807) is 31.2 Å². The maximum atomic E-state index is 14.4. The smallest absolute Gasteiger partial charge is 0.239 e. The monoisotopic (exact) mass is 566 g/mol. The summed E-state index contributed by atoms with van der Waals surface area (Å²) in [5.41, 5.74) is 4.37. The van der Waals surface area contributed by atoms with E-state index in [2.05, 4.69) is 5.32 Å². The van der Waals surface area contributed by atoms with Gasteiger partial charge in [0.05, 0.1) is 26.2 Å². The minimum atomic E-state index is -1.97. The zero-order chi connectivity index (χ0) is 28.9. The van der Waals surface area contributed by atoms with Crippen LogP contribution in [0, 0.1) is 5.92 Å². The predicted octanol–water partition coefficient (Wildman–Crippen LogP) is 3.54. The maximum Gasteiger partial charge on any atom is 0.239 e. The van der Waals surface area contributed by atoms with Gasteiger partial charge in [0.15, 0.2) is 5.75 Å². The van der Waals surface area contributed by atoms with Crippen molar-refractivity contribution in [3.8, 4) is 28.6 Å². The summed E-state index contributed by atoms with van der Waals surface area (Å²) in [4.78, 5) is 53.1. The molecule has 1 aliphatic heterocycles. The van der Waals surface area contributed by atoms with Crippen LogP contribution in [0.1, 0.15) is 45.9 Å². The van der Waals surface area contributed by atoms with Gasteiger partial charge >= 0.3 is 0 Å². The molecule has 3 aromatic rings. The summed E-state index contributed by atoms with van der Waals surface area (Å²) in [5, 5.41) is 2.57. The van der Waals surface area contributed by atoms with Gasteiger partial charge in [-0.3, -0.25) is 19.2 Å². The van der Waals surface area contributed by atoms with Crippen molar-refractivity contribution in [2.75, 3.05) is 14.2 Å². The molecular weight excluding hydrogens is 540 g/mol. The van der Waals surface area contributed by atoms with Gasteiger partial charge in [0.1, 0.15) is 39.6 Å². The van der Waals surface area contributed by atoms with E-state index in [0.29, 0.717) is 17.1 Å². The fraction of sp³-hybridized carbons (Fsp3) is 0.310. The van der Waals surface area contributed by atoms with Crippen molar-refractivity contribution in [1.29, 1.82) is 0 Å². The molecular formula is C29H27ClN2O8. The van der Waals surface area contributed by atoms with Gasteiger partial charge in [-0.15, -0.1) is 0 Å². The molecule has 1 aromatic heterocycles. The predicted molar refractivity (Wildman–Crippen MR) is 144 cm³/mol. The van der Waals surface area contributed by atoms with Crippen molar-refractivity contribution in [2.24, 2.45) is 11.7 Å². The van der Waals surface area contributed by atoms with Crippen LogP contribution in [0.5, 0.6) is 17.2 Å². The van der Waals surface area contributed by atoms with Crippen molar-refractivity contribution in [3.05, 3.63) is 63.9 Å². The molecule has 0 unspecified atom stereocenters. The third kappa shape index (κ3) is 4.02. The number of carbonyl (C=O) groups is 4. The first-order chi connectivity index (χ1) is 19.0. The Hall–Kier alpha value is -4.31. The second kappa shape index (κ2) is 10.0. The molecule has 11 heteroatoms. The summed E-state index contributed by atoms with van der Waals surface area (Å²) in [5.74, 6) is -2.18. The van der Waals surface area contributed by atoms with Crippen molar-refractivity contribution >= 4 is 35.0 Å². The lowest BCUT2D eigenvalue weighted by molar-refractivity contribution is -0.126. The number of Topliss-reactive ketones (excluding diaryl/α,β-unsaturated/α-hetero) is 2. The molecule has 0 radical (unpaired) electrons. The van der Waals surface area contributed by atoms with Crippen LogP contribution >= 0.6 is 11.6 Å². The summed E-state index contributed by atoms with van der Waals surface area (Å²) in [6.07, 6.45) is -0.146. The summed E-state index contributed by atoms with van der Waals surface area (Å²) >= 11 is 6.53. The molecule has 3 N–H and O–H groups in total. The molecule has 2 aromatic carbocycles. The molecule has 0 saturated heterocycles. The van der Waals surface area contributed by atoms with Crippen LogP contribution in [-0.2, 0) is 22.4 Å². The second-order valence-electron chi connectivity index (χ2n) is 9.84. The average Bonchev–Trinajstić information content (AvgIpc) is 3.44. The summed E-state index contributed by atoms with van der Waals surface area (Å²) in [6, 6.07) is 9.51. The van der Waals surface area contributed by atoms with Gasteiger partial charge in [-0.25, -0.2) is 0 Å². The minimum Gasteiger partial charge on any atom is -0.496 e. The van der Waals surface area contributed by atoms with Gasteiger partial charge in [-0.1, -0.05) is 48.9 Å². The van der Waals surface area contributed by atoms with E-state index in [1.807, 2.05) is 6.07 Å². The zero-order valence-electron chi connectivity index (χ0n) is 22.3. The molecule has 0 bridgehead atoms. The third-order valence-corrected chi connectivity index (χ3v) is 7.78. The van der Waals surface area contributed by atoms with Crippen LogP contribution in [-0.4, -0.2) is 49.2 Å². The maximum absolute atomic E-state index is 14.4. The van der Waals surface area contributed by atoms with E-state index in [0.717, 1.165) is 0 Å². The third-order valence-electron chi connectivity index (χ3n) is 7.43. The number of furan rings is 1. The lowest BCUT2D eigenvalue weighted by Crippen LogP contribution is -2.56. The quantitative estimate of drug-likeness (QED) is 0.413. The first-order valence-electron chi connectivity index (χ1n) is 12.6. The van der Waals surface area contributed by atoms with Crippen LogP contribution in [0.3, 0.4) is 0 Å². The standard InChI is InChI=1S/C29H27ClN2O8/c1-13-10-18-21(16(11-20(33)32-14(2)28(31)36)24(39-18)15-8-6-5-7-9-15)26(34)29(13)27(35)22-17(37-3)12-19(38-4)23(30)25(22)40-29/h5-9,12-14H,10-11H2,1-4H3,(H2,31,36)(H,32,33)/t13-,14+,29+/m1/s1. The zero-order valence-corrected chi connectivity index (χ0v) is 23.0. The molecule has 0 fully saturated rings. The highest BCUT2D eigenvalue weighted by molar-refractivity contribution is 6.36. The normalized spacial score (nSPS) is 20.0. The molecule has 10 nitrogen and oxygen atoms in total. The Morgan fingerprint density at radius 2 is 1.77 bits per heavy atom. The number of hydrogen-bond donors (Lipinski definition) is 2. The molecule has 208 valence electrons. The number of ether oxygens (including phenoxy) is 3. The number of halogens is 1. The van der Waals surface area contributed by atoms with Gasteiger partial charge in [0.25, 0.3) is 0 Å². The largest absolute Gasteiger partial charge is 0.496 e. The van der Waals surface area contributed by atoms with Crippen LogP contribution in [0.25, 0.3) is 11.3 Å². The summed E-state index contributed by atoms with van der Waals surface area (Å²) < 4.78 is 23.2. The van der Waals surface area contributed by atoms with Crippen molar-refractivity contribution < 1.29 is 37.8 Å². The van der Waals surface area contributed by atoms with Crippen molar-refractivity contribution in [1.82, 2.24) is 5.32 Å². The molecule has 1 aliphatic carbocycles. The molecule has 40 heavy (non-hydrogen) atoms. The minimum absolute atomic E-state index is 0.00660. The number of amides is 2. The Balaban J connectivity index is 1.66. The van der Waals surface area contributed by atoms with E-state index in [1.165, 1.54) is 27.2 Å². The lowest BCUT2D eigenvalue weighted by Gasteiger charge is -2.35. The Morgan fingerprint density at radius 3 is 2.40 bits per heavy atom.